The topological polar surface area (TPSA) is 52.3 Å². The minimum Gasteiger partial charge on any atom is -0.448 e. The van der Waals surface area contributed by atoms with E-state index in [-0.39, 0.29) is 17.8 Å². The van der Waals surface area contributed by atoms with Gasteiger partial charge in [0.2, 0.25) is 5.89 Å². The number of fused-ring (bicyclic) bond motifs is 2. The summed E-state index contributed by atoms with van der Waals surface area (Å²) in [7, 11) is 0. The van der Waals surface area contributed by atoms with Crippen LogP contribution in [-0.2, 0) is 4.74 Å². The van der Waals surface area contributed by atoms with Gasteiger partial charge in [0.1, 0.15) is 12.0 Å². The van der Waals surface area contributed by atoms with Crippen LogP contribution in [0.4, 0.5) is 0 Å². The van der Waals surface area contributed by atoms with Crippen molar-refractivity contribution in [3.05, 3.63) is 17.8 Å². The average molecular weight is 235 g/mol. The highest BCUT2D eigenvalue weighted by Crippen LogP contribution is 2.49. The van der Waals surface area contributed by atoms with Crippen molar-refractivity contribution in [2.45, 2.75) is 51.2 Å². The third-order valence-corrected chi connectivity index (χ3v) is 4.06. The van der Waals surface area contributed by atoms with Gasteiger partial charge in [-0.05, 0) is 25.2 Å². The SMILES string of the molecule is CC[C@@H]1C(c2nc(C(C)=O)co2)C2CC[C@H]1O2. The van der Waals surface area contributed by atoms with Crippen molar-refractivity contribution < 1.29 is 13.9 Å². The lowest BCUT2D eigenvalue weighted by molar-refractivity contribution is 0.0894. The summed E-state index contributed by atoms with van der Waals surface area (Å²) in [6.45, 7) is 3.69. The minimum atomic E-state index is -0.0443. The molecule has 3 rings (SSSR count). The molecule has 0 radical (unpaired) electrons. The van der Waals surface area contributed by atoms with Crippen molar-refractivity contribution in [2.24, 2.45) is 5.92 Å². The van der Waals surface area contributed by atoms with E-state index in [1.54, 1.807) is 0 Å². The molecule has 0 aromatic carbocycles. The van der Waals surface area contributed by atoms with Crippen molar-refractivity contribution in [1.82, 2.24) is 4.98 Å². The highest BCUT2D eigenvalue weighted by molar-refractivity contribution is 5.91. The van der Waals surface area contributed by atoms with E-state index in [0.29, 0.717) is 23.6 Å². The number of carbonyl (C=O) groups excluding carboxylic acids is 1. The fourth-order valence-corrected chi connectivity index (χ4v) is 3.24. The maximum atomic E-state index is 11.2. The van der Waals surface area contributed by atoms with E-state index >= 15 is 0 Å². The molecule has 2 saturated heterocycles. The predicted octanol–water partition coefficient (Wildman–Crippen LogP) is 2.55. The third-order valence-electron chi connectivity index (χ3n) is 4.06. The summed E-state index contributed by atoms with van der Waals surface area (Å²) < 4.78 is 11.4. The van der Waals surface area contributed by atoms with Crippen LogP contribution in [0.3, 0.4) is 0 Å². The zero-order valence-corrected chi connectivity index (χ0v) is 10.2. The Kier molecular flexibility index (Phi) is 2.54. The summed E-state index contributed by atoms with van der Waals surface area (Å²) in [6.07, 6.45) is 5.38. The molecule has 4 heteroatoms. The van der Waals surface area contributed by atoms with E-state index < -0.39 is 0 Å². The third kappa shape index (κ3) is 1.62. The standard InChI is InChI=1S/C13H17NO3/c1-3-8-10-4-5-11(17-10)12(8)13-14-9(6-16-13)7(2)15/h6,8,10-12H,3-5H2,1-2H3/t8-,10+,11?,12?/m0/s1. The molecular weight excluding hydrogens is 218 g/mol. The van der Waals surface area contributed by atoms with Gasteiger partial charge in [0.05, 0.1) is 18.1 Å². The molecule has 0 aliphatic carbocycles. The Morgan fingerprint density at radius 2 is 2.24 bits per heavy atom. The van der Waals surface area contributed by atoms with Gasteiger partial charge in [-0.3, -0.25) is 4.79 Å². The first-order valence-electron chi connectivity index (χ1n) is 6.32. The van der Waals surface area contributed by atoms with Crippen molar-refractivity contribution in [3.8, 4) is 0 Å². The quantitative estimate of drug-likeness (QED) is 0.755. The van der Waals surface area contributed by atoms with E-state index in [1.807, 2.05) is 0 Å². The lowest BCUT2D eigenvalue weighted by Gasteiger charge is -2.24. The largest absolute Gasteiger partial charge is 0.448 e. The highest BCUT2D eigenvalue weighted by atomic mass is 16.5. The number of aromatic nitrogens is 1. The normalized spacial score (nSPS) is 35.4. The number of oxazole rings is 1. The van der Waals surface area contributed by atoms with Gasteiger partial charge >= 0.3 is 0 Å². The second-order valence-electron chi connectivity index (χ2n) is 5.02. The average Bonchev–Trinajstić information content (AvgIpc) is 3.02. The molecule has 2 aliphatic rings. The lowest BCUT2D eigenvalue weighted by atomic mass is 9.78. The Morgan fingerprint density at radius 1 is 1.47 bits per heavy atom. The van der Waals surface area contributed by atoms with E-state index in [2.05, 4.69) is 11.9 Å². The van der Waals surface area contributed by atoms with Crippen LogP contribution < -0.4 is 0 Å². The number of rotatable bonds is 3. The summed E-state index contributed by atoms with van der Waals surface area (Å²) in [5.74, 6) is 1.38. The lowest BCUT2D eigenvalue weighted by Crippen LogP contribution is -2.25. The first-order chi connectivity index (χ1) is 8.20. The molecule has 1 aromatic rings. The van der Waals surface area contributed by atoms with Gasteiger partial charge in [-0.1, -0.05) is 6.92 Å². The molecule has 4 atom stereocenters. The minimum absolute atomic E-state index is 0.0443. The van der Waals surface area contributed by atoms with Crippen LogP contribution in [0, 0.1) is 5.92 Å². The van der Waals surface area contributed by atoms with Crippen molar-refractivity contribution >= 4 is 5.78 Å². The summed E-state index contributed by atoms with van der Waals surface area (Å²) >= 11 is 0. The van der Waals surface area contributed by atoms with Crippen molar-refractivity contribution in [2.75, 3.05) is 0 Å². The number of carbonyl (C=O) groups is 1. The molecule has 1 aromatic heterocycles. The Balaban J connectivity index is 1.89. The van der Waals surface area contributed by atoms with Gasteiger partial charge in [0.25, 0.3) is 0 Å². The number of Topliss-reactive ketones (excluding diaryl/α,β-unsaturated/α-hetero) is 1. The zero-order chi connectivity index (χ0) is 12.0. The van der Waals surface area contributed by atoms with E-state index in [0.717, 1.165) is 19.3 Å². The number of ketones is 1. The molecule has 0 saturated carbocycles. The Bertz CT molecular complexity index is 440. The molecule has 2 bridgehead atoms. The molecule has 2 fully saturated rings. The fraction of sp³-hybridized carbons (Fsp3) is 0.692. The molecule has 0 N–H and O–H groups in total. The van der Waals surface area contributed by atoms with Crippen LogP contribution in [0.5, 0.6) is 0 Å². The summed E-state index contributed by atoms with van der Waals surface area (Å²) in [4.78, 5) is 15.5. The maximum absolute atomic E-state index is 11.2. The highest BCUT2D eigenvalue weighted by Gasteiger charge is 2.50. The maximum Gasteiger partial charge on any atom is 0.200 e. The zero-order valence-electron chi connectivity index (χ0n) is 10.2. The first kappa shape index (κ1) is 11.0. The van der Waals surface area contributed by atoms with Crippen LogP contribution in [0.25, 0.3) is 0 Å². The fourth-order valence-electron chi connectivity index (χ4n) is 3.24. The van der Waals surface area contributed by atoms with Crippen LogP contribution >= 0.6 is 0 Å². The number of hydrogen-bond acceptors (Lipinski definition) is 4. The van der Waals surface area contributed by atoms with E-state index in [9.17, 15) is 4.79 Å². The van der Waals surface area contributed by atoms with Gasteiger partial charge in [0, 0.05) is 6.92 Å². The molecule has 0 amide bonds. The number of ether oxygens (including phenoxy) is 1. The van der Waals surface area contributed by atoms with Gasteiger partial charge in [-0.15, -0.1) is 0 Å². The second-order valence-corrected chi connectivity index (χ2v) is 5.02. The molecule has 3 heterocycles. The monoisotopic (exact) mass is 235 g/mol. The van der Waals surface area contributed by atoms with Crippen molar-refractivity contribution in [3.63, 3.8) is 0 Å². The van der Waals surface area contributed by atoms with E-state index in [4.69, 9.17) is 9.15 Å². The molecule has 4 nitrogen and oxygen atoms in total. The van der Waals surface area contributed by atoms with Gasteiger partial charge < -0.3 is 9.15 Å². The van der Waals surface area contributed by atoms with Gasteiger partial charge in [0.15, 0.2) is 5.78 Å². The van der Waals surface area contributed by atoms with E-state index in [1.165, 1.54) is 13.2 Å². The Morgan fingerprint density at radius 3 is 2.88 bits per heavy atom. The molecule has 0 spiro atoms. The molecule has 17 heavy (non-hydrogen) atoms. The molecule has 92 valence electrons. The van der Waals surface area contributed by atoms with Gasteiger partial charge in [-0.25, -0.2) is 4.98 Å². The number of hydrogen-bond donors (Lipinski definition) is 0. The summed E-state index contributed by atoms with van der Waals surface area (Å²) in [5.41, 5.74) is 0.428. The predicted molar refractivity (Wildman–Crippen MR) is 60.9 cm³/mol. The first-order valence-corrected chi connectivity index (χ1v) is 6.32. The molecule has 2 aliphatic heterocycles. The van der Waals surface area contributed by atoms with Crippen LogP contribution in [0.15, 0.2) is 10.7 Å². The smallest absolute Gasteiger partial charge is 0.200 e. The Labute approximate surface area is 100 Å². The molecular formula is C13H17NO3. The van der Waals surface area contributed by atoms with Crippen molar-refractivity contribution in [1.29, 1.82) is 0 Å². The summed E-state index contributed by atoms with van der Waals surface area (Å²) in [6, 6.07) is 0. The Hall–Kier alpha value is -1.16. The van der Waals surface area contributed by atoms with Crippen LogP contribution in [-0.4, -0.2) is 23.0 Å². The van der Waals surface area contributed by atoms with Crippen LogP contribution in [0.1, 0.15) is 55.4 Å². The molecule has 2 unspecified atom stereocenters. The second kappa shape index (κ2) is 3.95. The number of nitrogens with zero attached hydrogens (tertiary/aromatic N) is 1. The summed E-state index contributed by atoms with van der Waals surface area (Å²) in [5, 5.41) is 0. The van der Waals surface area contributed by atoms with Crippen LogP contribution in [0.2, 0.25) is 0 Å². The van der Waals surface area contributed by atoms with Gasteiger partial charge in [-0.2, -0.15) is 0 Å².